The molecule has 2 aromatic carbocycles. The van der Waals surface area contributed by atoms with Crippen LogP contribution in [0.4, 0.5) is 10.1 Å². The summed E-state index contributed by atoms with van der Waals surface area (Å²) in [5.41, 5.74) is 0.518. The van der Waals surface area contributed by atoms with Crippen molar-refractivity contribution in [1.29, 1.82) is 0 Å². The van der Waals surface area contributed by atoms with Gasteiger partial charge in [-0.25, -0.2) is 12.8 Å². The molecule has 10 heteroatoms. The average molecular weight is 437 g/mol. The maximum absolute atomic E-state index is 13.9. The first-order valence-electron chi connectivity index (χ1n) is 9.34. The van der Waals surface area contributed by atoms with Crippen molar-refractivity contribution in [1.82, 2.24) is 9.21 Å². The first kappa shape index (κ1) is 22.0. The molecule has 1 aliphatic rings. The molecule has 162 valence electrons. The number of halogens is 1. The second-order valence-corrected chi connectivity index (χ2v) is 8.63. The van der Waals surface area contributed by atoms with Crippen LogP contribution in [0.15, 0.2) is 47.4 Å². The number of hydrogen-bond acceptors (Lipinski definition) is 6. The number of nitrogens with one attached hydrogen (secondary N) is 1. The quantitative estimate of drug-likeness (QED) is 0.711. The SMILES string of the molecule is COc1ccc(NC(=O)CN2CCN(S(=O)(=O)c3ccccc3F)CC2)c(OC)c1. The normalized spacial score (nSPS) is 15.6. The average Bonchev–Trinajstić information content (AvgIpc) is 2.74. The molecular formula is C20H24FN3O5S. The van der Waals surface area contributed by atoms with Gasteiger partial charge in [0.15, 0.2) is 0 Å². The van der Waals surface area contributed by atoms with Crippen LogP contribution in [0.2, 0.25) is 0 Å². The maximum Gasteiger partial charge on any atom is 0.246 e. The molecule has 1 fully saturated rings. The maximum atomic E-state index is 13.9. The van der Waals surface area contributed by atoms with E-state index >= 15 is 0 Å². The number of carbonyl (C=O) groups is 1. The Labute approximate surface area is 175 Å². The molecule has 0 bridgehead atoms. The van der Waals surface area contributed by atoms with Gasteiger partial charge in [-0.2, -0.15) is 4.31 Å². The summed E-state index contributed by atoms with van der Waals surface area (Å²) < 4.78 is 50.9. The lowest BCUT2D eigenvalue weighted by atomic mass is 10.2. The largest absolute Gasteiger partial charge is 0.497 e. The second kappa shape index (κ2) is 9.41. The van der Waals surface area contributed by atoms with E-state index in [1.165, 1.54) is 29.6 Å². The fourth-order valence-corrected chi connectivity index (χ4v) is 4.70. The highest BCUT2D eigenvalue weighted by atomic mass is 32.2. The Kier molecular flexibility index (Phi) is 6.91. The molecule has 8 nitrogen and oxygen atoms in total. The molecule has 1 aliphatic heterocycles. The Morgan fingerprint density at radius 2 is 1.77 bits per heavy atom. The molecule has 3 rings (SSSR count). The number of rotatable bonds is 7. The smallest absolute Gasteiger partial charge is 0.246 e. The van der Waals surface area contributed by atoms with Crippen LogP contribution >= 0.6 is 0 Å². The van der Waals surface area contributed by atoms with Crippen LogP contribution in [0.25, 0.3) is 0 Å². The number of carbonyl (C=O) groups excluding carboxylic acids is 1. The van der Waals surface area contributed by atoms with Crippen molar-refractivity contribution < 1.29 is 27.1 Å². The van der Waals surface area contributed by atoms with Gasteiger partial charge >= 0.3 is 0 Å². The summed E-state index contributed by atoms with van der Waals surface area (Å²) in [4.78, 5) is 13.9. The van der Waals surface area contributed by atoms with Crippen LogP contribution in [0.5, 0.6) is 11.5 Å². The summed E-state index contributed by atoms with van der Waals surface area (Å²) in [5, 5.41) is 2.79. The number of hydrogen-bond donors (Lipinski definition) is 1. The summed E-state index contributed by atoms with van der Waals surface area (Å²) in [7, 11) is -0.866. The zero-order chi connectivity index (χ0) is 21.7. The van der Waals surface area contributed by atoms with E-state index in [-0.39, 0.29) is 30.4 Å². The van der Waals surface area contributed by atoms with E-state index in [1.54, 1.807) is 25.3 Å². The zero-order valence-corrected chi connectivity index (χ0v) is 17.6. The van der Waals surface area contributed by atoms with E-state index in [9.17, 15) is 17.6 Å². The number of sulfonamides is 1. The van der Waals surface area contributed by atoms with Crippen molar-refractivity contribution in [2.75, 3.05) is 52.3 Å². The third kappa shape index (κ3) is 4.89. The molecule has 2 aromatic rings. The van der Waals surface area contributed by atoms with Crippen molar-refractivity contribution >= 4 is 21.6 Å². The standard InChI is InChI=1S/C20H24FN3O5S/c1-28-15-7-8-17(18(13-15)29-2)22-20(25)14-23-9-11-24(12-10-23)30(26,27)19-6-4-3-5-16(19)21/h3-8,13H,9-12,14H2,1-2H3,(H,22,25). The Hall–Kier alpha value is -2.69. The van der Waals surface area contributed by atoms with Crippen molar-refractivity contribution in [2.45, 2.75) is 4.90 Å². The van der Waals surface area contributed by atoms with Gasteiger partial charge in [0.05, 0.1) is 26.5 Å². The van der Waals surface area contributed by atoms with Crippen LogP contribution in [0.1, 0.15) is 0 Å². The van der Waals surface area contributed by atoms with Gasteiger partial charge in [0, 0.05) is 32.2 Å². The Bertz CT molecular complexity index is 1010. The summed E-state index contributed by atoms with van der Waals surface area (Å²) in [6.07, 6.45) is 0. The van der Waals surface area contributed by atoms with Crippen LogP contribution in [0, 0.1) is 5.82 Å². The highest BCUT2D eigenvalue weighted by molar-refractivity contribution is 7.89. The molecule has 0 radical (unpaired) electrons. The van der Waals surface area contributed by atoms with E-state index in [0.29, 0.717) is 30.3 Å². The molecular weight excluding hydrogens is 413 g/mol. The van der Waals surface area contributed by atoms with E-state index < -0.39 is 15.8 Å². The van der Waals surface area contributed by atoms with E-state index in [4.69, 9.17) is 9.47 Å². The Morgan fingerprint density at radius 1 is 1.07 bits per heavy atom. The number of methoxy groups -OCH3 is 2. The van der Waals surface area contributed by atoms with Crippen molar-refractivity contribution in [3.63, 3.8) is 0 Å². The third-order valence-corrected chi connectivity index (χ3v) is 6.77. The third-order valence-electron chi connectivity index (χ3n) is 4.84. The van der Waals surface area contributed by atoms with E-state index in [2.05, 4.69) is 5.32 Å². The number of amides is 1. The minimum Gasteiger partial charge on any atom is -0.497 e. The first-order valence-corrected chi connectivity index (χ1v) is 10.8. The molecule has 0 aliphatic carbocycles. The molecule has 1 saturated heterocycles. The molecule has 0 aromatic heterocycles. The predicted octanol–water partition coefficient (Wildman–Crippen LogP) is 1.79. The number of piperazine rings is 1. The highest BCUT2D eigenvalue weighted by Crippen LogP contribution is 2.29. The second-order valence-electron chi connectivity index (χ2n) is 6.73. The van der Waals surface area contributed by atoms with Crippen molar-refractivity contribution in [3.8, 4) is 11.5 Å². The number of ether oxygens (including phenoxy) is 2. The first-order chi connectivity index (χ1) is 14.3. The van der Waals surface area contributed by atoms with Gasteiger partial charge in [-0.05, 0) is 24.3 Å². The fraction of sp³-hybridized carbons (Fsp3) is 0.350. The molecule has 0 saturated carbocycles. The lowest BCUT2D eigenvalue weighted by Gasteiger charge is -2.33. The van der Waals surface area contributed by atoms with Gasteiger partial charge in [0.25, 0.3) is 0 Å². The van der Waals surface area contributed by atoms with E-state index in [1.807, 2.05) is 4.90 Å². The number of benzene rings is 2. The molecule has 1 heterocycles. The molecule has 1 N–H and O–H groups in total. The van der Waals surface area contributed by atoms with E-state index in [0.717, 1.165) is 6.07 Å². The molecule has 0 spiro atoms. The highest BCUT2D eigenvalue weighted by Gasteiger charge is 2.30. The summed E-state index contributed by atoms with van der Waals surface area (Å²) in [6.45, 7) is 1.18. The summed E-state index contributed by atoms with van der Waals surface area (Å²) in [6, 6.07) is 10.4. The lowest BCUT2D eigenvalue weighted by molar-refractivity contribution is -0.117. The fourth-order valence-electron chi connectivity index (χ4n) is 3.22. The monoisotopic (exact) mass is 437 g/mol. The molecule has 0 atom stereocenters. The Morgan fingerprint density at radius 3 is 2.40 bits per heavy atom. The molecule has 1 amide bonds. The van der Waals surface area contributed by atoms with Gasteiger partial charge in [-0.1, -0.05) is 12.1 Å². The molecule has 0 unspecified atom stereocenters. The number of anilines is 1. The minimum atomic E-state index is -3.91. The van der Waals surface area contributed by atoms with Gasteiger partial charge < -0.3 is 14.8 Å². The molecule has 30 heavy (non-hydrogen) atoms. The topological polar surface area (TPSA) is 88.2 Å². The van der Waals surface area contributed by atoms with Gasteiger partial charge in [0.1, 0.15) is 22.2 Å². The van der Waals surface area contributed by atoms with Crippen LogP contribution in [0.3, 0.4) is 0 Å². The Balaban J connectivity index is 1.57. The summed E-state index contributed by atoms with van der Waals surface area (Å²) in [5.74, 6) is 0.0668. The predicted molar refractivity (Wildman–Crippen MR) is 110 cm³/mol. The van der Waals surface area contributed by atoms with Gasteiger partial charge in [-0.15, -0.1) is 0 Å². The van der Waals surface area contributed by atoms with Crippen molar-refractivity contribution in [3.05, 3.63) is 48.3 Å². The number of nitrogens with zero attached hydrogens (tertiary/aromatic N) is 2. The van der Waals surface area contributed by atoms with Crippen LogP contribution < -0.4 is 14.8 Å². The lowest BCUT2D eigenvalue weighted by Crippen LogP contribution is -2.50. The zero-order valence-electron chi connectivity index (χ0n) is 16.8. The van der Waals surface area contributed by atoms with Gasteiger partial charge in [-0.3, -0.25) is 9.69 Å². The van der Waals surface area contributed by atoms with Gasteiger partial charge in [0.2, 0.25) is 15.9 Å². The minimum absolute atomic E-state index is 0.1000. The van der Waals surface area contributed by atoms with Crippen LogP contribution in [-0.2, 0) is 14.8 Å². The summed E-state index contributed by atoms with van der Waals surface area (Å²) >= 11 is 0. The van der Waals surface area contributed by atoms with Crippen molar-refractivity contribution in [2.24, 2.45) is 0 Å². The van der Waals surface area contributed by atoms with Crippen LogP contribution in [-0.4, -0.2) is 70.5 Å².